The molecule has 2 N–H and O–H groups in total. The lowest BCUT2D eigenvalue weighted by Crippen LogP contribution is -2.24. The number of halogens is 1. The Hall–Kier alpha value is -1.29. The lowest BCUT2D eigenvalue weighted by Gasteiger charge is -2.09. The van der Waals surface area contributed by atoms with Gasteiger partial charge in [-0.3, -0.25) is 4.79 Å². The second kappa shape index (κ2) is 7.93. The summed E-state index contributed by atoms with van der Waals surface area (Å²) in [6.07, 6.45) is 4.53. The molecule has 0 unspecified atom stereocenters. The van der Waals surface area contributed by atoms with Crippen LogP contribution in [0, 0.1) is 0 Å². The topological polar surface area (TPSA) is 54.0 Å². The summed E-state index contributed by atoms with van der Waals surface area (Å²) in [4.78, 5) is 16.0. The van der Waals surface area contributed by atoms with Crippen molar-refractivity contribution in [1.82, 2.24) is 10.3 Å². The summed E-state index contributed by atoms with van der Waals surface area (Å²) < 4.78 is 0. The summed E-state index contributed by atoms with van der Waals surface area (Å²) in [7, 11) is 0. The van der Waals surface area contributed by atoms with Crippen LogP contribution in [0.3, 0.4) is 0 Å². The zero-order valence-corrected chi connectivity index (χ0v) is 11.7. The maximum atomic E-state index is 11.9. The van der Waals surface area contributed by atoms with Crippen LogP contribution in [-0.2, 0) is 0 Å². The lowest BCUT2D eigenvalue weighted by atomic mass is 10.2. The van der Waals surface area contributed by atoms with Gasteiger partial charge in [-0.05, 0) is 18.9 Å². The van der Waals surface area contributed by atoms with E-state index >= 15 is 0 Å². The van der Waals surface area contributed by atoms with Gasteiger partial charge in [-0.25, -0.2) is 4.98 Å². The van der Waals surface area contributed by atoms with Crippen molar-refractivity contribution in [3.63, 3.8) is 0 Å². The monoisotopic (exact) mass is 269 g/mol. The van der Waals surface area contributed by atoms with E-state index in [0.717, 1.165) is 25.8 Å². The first-order chi connectivity index (χ1) is 8.69. The van der Waals surface area contributed by atoms with Gasteiger partial charge in [-0.1, -0.05) is 31.9 Å². The summed E-state index contributed by atoms with van der Waals surface area (Å²) in [6, 6.07) is 1.69. The summed E-state index contributed by atoms with van der Waals surface area (Å²) in [5, 5.41) is 6.36. The van der Waals surface area contributed by atoms with Crippen LogP contribution < -0.4 is 10.6 Å². The number of amides is 1. The van der Waals surface area contributed by atoms with Crippen molar-refractivity contribution in [2.45, 2.75) is 33.1 Å². The number of rotatable bonds is 7. The van der Waals surface area contributed by atoms with Crippen LogP contribution >= 0.6 is 11.6 Å². The van der Waals surface area contributed by atoms with Crippen LogP contribution in [0.1, 0.15) is 43.5 Å². The van der Waals surface area contributed by atoms with Crippen molar-refractivity contribution in [1.29, 1.82) is 0 Å². The molecular formula is C13H20ClN3O. The predicted octanol–water partition coefficient (Wildman–Crippen LogP) is 3.09. The minimum absolute atomic E-state index is 0.143. The van der Waals surface area contributed by atoms with Crippen LogP contribution in [0.4, 0.5) is 5.82 Å². The molecule has 0 saturated carbocycles. The number of carbonyl (C=O) groups excluding carboxylic acids is 1. The van der Waals surface area contributed by atoms with Gasteiger partial charge in [-0.2, -0.15) is 0 Å². The van der Waals surface area contributed by atoms with Gasteiger partial charge in [-0.15, -0.1) is 0 Å². The molecule has 0 atom stereocenters. The fraction of sp³-hybridized carbons (Fsp3) is 0.538. The number of anilines is 1. The molecule has 0 bridgehead atoms. The molecule has 0 saturated heterocycles. The molecule has 0 aromatic carbocycles. The van der Waals surface area contributed by atoms with Crippen LogP contribution in [0.25, 0.3) is 0 Å². The second-order valence-corrected chi connectivity index (χ2v) is 4.49. The van der Waals surface area contributed by atoms with Crippen molar-refractivity contribution in [3.05, 3.63) is 22.8 Å². The highest BCUT2D eigenvalue weighted by atomic mass is 35.5. The molecule has 1 aromatic rings. The number of hydrogen-bond donors (Lipinski definition) is 2. The second-order valence-electron chi connectivity index (χ2n) is 4.09. The van der Waals surface area contributed by atoms with Crippen LogP contribution in [0.2, 0.25) is 5.02 Å². The predicted molar refractivity (Wildman–Crippen MR) is 75.3 cm³/mol. The fourth-order valence-electron chi connectivity index (χ4n) is 1.44. The first-order valence-electron chi connectivity index (χ1n) is 6.36. The van der Waals surface area contributed by atoms with Gasteiger partial charge in [0.25, 0.3) is 5.91 Å². The average Bonchev–Trinajstić information content (AvgIpc) is 2.38. The van der Waals surface area contributed by atoms with E-state index in [9.17, 15) is 4.79 Å². The van der Waals surface area contributed by atoms with Gasteiger partial charge in [0.1, 0.15) is 5.82 Å². The smallest absolute Gasteiger partial charge is 0.252 e. The standard InChI is InChI=1S/C13H20ClN3O/c1-3-5-7-16-13(18)10-8-12(15-6-4-2)17-9-11(10)14/h8-9H,3-7H2,1-2H3,(H,15,17)(H,16,18). The number of pyridine rings is 1. The molecule has 1 amide bonds. The Morgan fingerprint density at radius 1 is 1.33 bits per heavy atom. The molecule has 0 aliphatic carbocycles. The van der Waals surface area contributed by atoms with Crippen molar-refractivity contribution >= 4 is 23.3 Å². The zero-order chi connectivity index (χ0) is 13.4. The first-order valence-corrected chi connectivity index (χ1v) is 6.74. The van der Waals surface area contributed by atoms with Crippen molar-refractivity contribution in [3.8, 4) is 0 Å². The van der Waals surface area contributed by atoms with Gasteiger partial charge in [0.05, 0.1) is 10.6 Å². The Balaban J connectivity index is 2.70. The van der Waals surface area contributed by atoms with E-state index in [0.29, 0.717) is 22.9 Å². The van der Waals surface area contributed by atoms with Gasteiger partial charge < -0.3 is 10.6 Å². The van der Waals surface area contributed by atoms with Crippen molar-refractivity contribution in [2.75, 3.05) is 18.4 Å². The summed E-state index contributed by atoms with van der Waals surface area (Å²) in [6.45, 7) is 5.65. The third-order valence-corrected chi connectivity index (χ3v) is 2.77. The molecule has 5 heteroatoms. The van der Waals surface area contributed by atoms with E-state index in [4.69, 9.17) is 11.6 Å². The van der Waals surface area contributed by atoms with Gasteiger partial charge >= 0.3 is 0 Å². The zero-order valence-electron chi connectivity index (χ0n) is 10.9. The number of carbonyl (C=O) groups is 1. The molecule has 1 rings (SSSR count). The SMILES string of the molecule is CCCCNC(=O)c1cc(NCCC)ncc1Cl. The first kappa shape index (κ1) is 14.8. The van der Waals surface area contributed by atoms with E-state index in [2.05, 4.69) is 29.5 Å². The molecular weight excluding hydrogens is 250 g/mol. The summed E-state index contributed by atoms with van der Waals surface area (Å²) >= 11 is 5.99. The summed E-state index contributed by atoms with van der Waals surface area (Å²) in [5.41, 5.74) is 0.473. The highest BCUT2D eigenvalue weighted by molar-refractivity contribution is 6.33. The van der Waals surface area contributed by atoms with E-state index in [1.165, 1.54) is 6.20 Å². The molecule has 1 heterocycles. The van der Waals surface area contributed by atoms with Crippen molar-refractivity contribution in [2.24, 2.45) is 0 Å². The van der Waals surface area contributed by atoms with Gasteiger partial charge in [0.15, 0.2) is 0 Å². The van der Waals surface area contributed by atoms with Gasteiger partial charge in [0, 0.05) is 19.3 Å². The van der Waals surface area contributed by atoms with E-state index < -0.39 is 0 Å². The highest BCUT2D eigenvalue weighted by Gasteiger charge is 2.11. The average molecular weight is 270 g/mol. The Morgan fingerprint density at radius 3 is 2.78 bits per heavy atom. The molecule has 0 aliphatic heterocycles. The molecule has 4 nitrogen and oxygen atoms in total. The minimum atomic E-state index is -0.143. The minimum Gasteiger partial charge on any atom is -0.370 e. The maximum absolute atomic E-state index is 11.9. The largest absolute Gasteiger partial charge is 0.370 e. The maximum Gasteiger partial charge on any atom is 0.252 e. The molecule has 0 radical (unpaired) electrons. The fourth-order valence-corrected chi connectivity index (χ4v) is 1.63. The molecule has 18 heavy (non-hydrogen) atoms. The number of aromatic nitrogens is 1. The lowest BCUT2D eigenvalue weighted by molar-refractivity contribution is 0.0953. The van der Waals surface area contributed by atoms with E-state index in [-0.39, 0.29) is 5.91 Å². The Labute approximate surface area is 113 Å². The number of nitrogens with zero attached hydrogens (tertiary/aromatic N) is 1. The van der Waals surface area contributed by atoms with Crippen LogP contribution in [-0.4, -0.2) is 24.0 Å². The molecule has 1 aromatic heterocycles. The molecule has 0 aliphatic rings. The molecule has 0 spiro atoms. The van der Waals surface area contributed by atoms with Crippen molar-refractivity contribution < 1.29 is 4.79 Å². The molecule has 100 valence electrons. The number of unbranched alkanes of at least 4 members (excludes halogenated alkanes) is 1. The van der Waals surface area contributed by atoms with Gasteiger partial charge in [0.2, 0.25) is 0 Å². The quantitative estimate of drug-likeness (QED) is 0.748. The third-order valence-electron chi connectivity index (χ3n) is 2.47. The van der Waals surface area contributed by atoms with E-state index in [1.54, 1.807) is 6.07 Å². The highest BCUT2D eigenvalue weighted by Crippen LogP contribution is 2.17. The molecule has 0 fully saturated rings. The number of nitrogens with one attached hydrogen (secondary N) is 2. The third kappa shape index (κ3) is 4.53. The number of hydrogen-bond acceptors (Lipinski definition) is 3. The Bertz CT molecular complexity index is 396. The Kier molecular flexibility index (Phi) is 6.50. The Morgan fingerprint density at radius 2 is 2.11 bits per heavy atom. The summed E-state index contributed by atoms with van der Waals surface area (Å²) in [5.74, 6) is 0.539. The van der Waals surface area contributed by atoms with Crippen LogP contribution in [0.5, 0.6) is 0 Å². The normalized spacial score (nSPS) is 10.2. The van der Waals surface area contributed by atoms with E-state index in [1.807, 2.05) is 0 Å². The van der Waals surface area contributed by atoms with Crippen LogP contribution in [0.15, 0.2) is 12.3 Å².